The van der Waals surface area contributed by atoms with Gasteiger partial charge in [0.05, 0.1) is 0 Å². The van der Waals surface area contributed by atoms with Gasteiger partial charge in [-0.15, -0.1) is 24.0 Å². The second-order valence-corrected chi connectivity index (χ2v) is 4.51. The highest BCUT2D eigenvalue weighted by Crippen LogP contribution is 2.06. The van der Waals surface area contributed by atoms with Crippen molar-refractivity contribution in [1.29, 1.82) is 0 Å². The molecule has 0 aliphatic carbocycles. The highest BCUT2D eigenvalue weighted by molar-refractivity contribution is 14.0. The standard InChI is InChI=1S/C15H23FN4O.HI/c1-3-17-15(20-11-10-18-12(2)21)19-9-8-13-6-4-5-7-14(13)16;/h4-7H,3,8-11H2,1-2H3,(H,18,21)(H2,17,19,20);1H. The lowest BCUT2D eigenvalue weighted by atomic mass is 10.1. The van der Waals surface area contributed by atoms with Crippen LogP contribution in [0, 0.1) is 5.82 Å². The number of nitrogens with one attached hydrogen (secondary N) is 3. The van der Waals surface area contributed by atoms with Crippen LogP contribution in [0.15, 0.2) is 29.3 Å². The van der Waals surface area contributed by atoms with Gasteiger partial charge in [0, 0.05) is 33.1 Å². The number of halogens is 2. The second kappa shape index (κ2) is 12.2. The molecule has 1 aromatic rings. The molecule has 0 spiro atoms. The maximum Gasteiger partial charge on any atom is 0.216 e. The van der Waals surface area contributed by atoms with Crippen molar-refractivity contribution in [1.82, 2.24) is 16.0 Å². The molecule has 22 heavy (non-hydrogen) atoms. The van der Waals surface area contributed by atoms with Gasteiger partial charge in [-0.05, 0) is 25.0 Å². The number of hydrogen-bond acceptors (Lipinski definition) is 2. The molecule has 5 nitrogen and oxygen atoms in total. The van der Waals surface area contributed by atoms with Crippen molar-refractivity contribution >= 4 is 35.8 Å². The lowest BCUT2D eigenvalue weighted by molar-refractivity contribution is -0.118. The fraction of sp³-hybridized carbons (Fsp3) is 0.467. The van der Waals surface area contributed by atoms with Crippen LogP contribution >= 0.6 is 24.0 Å². The minimum Gasteiger partial charge on any atom is -0.357 e. The van der Waals surface area contributed by atoms with E-state index in [1.54, 1.807) is 12.1 Å². The van der Waals surface area contributed by atoms with E-state index >= 15 is 0 Å². The molecule has 0 bridgehead atoms. The fourth-order valence-corrected chi connectivity index (χ4v) is 1.75. The minimum atomic E-state index is -0.198. The molecule has 0 aromatic heterocycles. The van der Waals surface area contributed by atoms with Crippen molar-refractivity contribution < 1.29 is 9.18 Å². The molecule has 0 unspecified atom stereocenters. The Bertz CT molecular complexity index is 482. The van der Waals surface area contributed by atoms with E-state index in [0.717, 1.165) is 6.54 Å². The highest BCUT2D eigenvalue weighted by Gasteiger charge is 2.01. The quantitative estimate of drug-likeness (QED) is 0.271. The predicted molar refractivity (Wildman–Crippen MR) is 98.2 cm³/mol. The largest absolute Gasteiger partial charge is 0.357 e. The average molecular weight is 422 g/mol. The van der Waals surface area contributed by atoms with Crippen LogP contribution in [-0.4, -0.2) is 38.0 Å². The van der Waals surface area contributed by atoms with E-state index in [4.69, 9.17) is 0 Å². The van der Waals surface area contributed by atoms with E-state index in [2.05, 4.69) is 20.9 Å². The van der Waals surface area contributed by atoms with Gasteiger partial charge in [0.25, 0.3) is 0 Å². The fourth-order valence-electron chi connectivity index (χ4n) is 1.75. The van der Waals surface area contributed by atoms with Crippen LogP contribution in [-0.2, 0) is 11.2 Å². The number of aliphatic imine (C=N–C) groups is 1. The molecule has 0 aliphatic rings. The van der Waals surface area contributed by atoms with E-state index in [-0.39, 0.29) is 35.7 Å². The average Bonchev–Trinajstić information content (AvgIpc) is 2.45. The molecule has 0 radical (unpaired) electrons. The van der Waals surface area contributed by atoms with Gasteiger partial charge in [0.1, 0.15) is 5.82 Å². The number of carbonyl (C=O) groups excluding carboxylic acids is 1. The second-order valence-electron chi connectivity index (χ2n) is 4.51. The minimum absolute atomic E-state index is 0. The van der Waals surface area contributed by atoms with Crippen molar-refractivity contribution in [2.24, 2.45) is 4.99 Å². The Labute approximate surface area is 148 Å². The number of hydrogen-bond donors (Lipinski definition) is 3. The molecule has 0 fully saturated rings. The van der Waals surface area contributed by atoms with E-state index in [9.17, 15) is 9.18 Å². The van der Waals surface area contributed by atoms with Crippen LogP contribution in [0.2, 0.25) is 0 Å². The number of carbonyl (C=O) groups is 1. The van der Waals surface area contributed by atoms with Gasteiger partial charge in [0.15, 0.2) is 5.96 Å². The Morgan fingerprint density at radius 3 is 2.50 bits per heavy atom. The Morgan fingerprint density at radius 1 is 1.18 bits per heavy atom. The smallest absolute Gasteiger partial charge is 0.216 e. The normalized spacial score (nSPS) is 10.6. The van der Waals surface area contributed by atoms with Crippen molar-refractivity contribution in [2.75, 3.05) is 26.2 Å². The molecule has 0 heterocycles. The molecule has 0 atom stereocenters. The molecule has 0 saturated carbocycles. The molecule has 1 rings (SSSR count). The molecular weight excluding hydrogens is 398 g/mol. The van der Waals surface area contributed by atoms with Crippen LogP contribution in [0.25, 0.3) is 0 Å². The summed E-state index contributed by atoms with van der Waals surface area (Å²) in [7, 11) is 0. The molecule has 3 N–H and O–H groups in total. The first-order valence-electron chi connectivity index (χ1n) is 7.13. The van der Waals surface area contributed by atoms with Gasteiger partial charge in [-0.1, -0.05) is 18.2 Å². The summed E-state index contributed by atoms with van der Waals surface area (Å²) in [6.45, 7) is 5.82. The van der Waals surface area contributed by atoms with E-state index < -0.39 is 0 Å². The monoisotopic (exact) mass is 422 g/mol. The summed E-state index contributed by atoms with van der Waals surface area (Å²) in [5.74, 6) is 0.411. The zero-order chi connectivity index (χ0) is 15.5. The third-order valence-corrected chi connectivity index (χ3v) is 2.74. The van der Waals surface area contributed by atoms with Crippen LogP contribution in [0.5, 0.6) is 0 Å². The first kappa shape index (κ1) is 20.6. The highest BCUT2D eigenvalue weighted by atomic mass is 127. The Morgan fingerprint density at radius 2 is 1.86 bits per heavy atom. The lowest BCUT2D eigenvalue weighted by Crippen LogP contribution is -2.41. The Hall–Kier alpha value is -1.38. The molecule has 0 aliphatic heterocycles. The summed E-state index contributed by atoms with van der Waals surface area (Å²) in [5.41, 5.74) is 0.662. The summed E-state index contributed by atoms with van der Waals surface area (Å²) in [6.07, 6.45) is 0.551. The maximum atomic E-state index is 13.5. The van der Waals surface area contributed by atoms with Crippen LogP contribution in [0.4, 0.5) is 4.39 Å². The molecule has 1 amide bonds. The van der Waals surface area contributed by atoms with Crippen molar-refractivity contribution in [3.8, 4) is 0 Å². The van der Waals surface area contributed by atoms with Crippen LogP contribution in [0.1, 0.15) is 19.4 Å². The van der Waals surface area contributed by atoms with Crippen molar-refractivity contribution in [3.63, 3.8) is 0 Å². The van der Waals surface area contributed by atoms with Gasteiger partial charge in [-0.25, -0.2) is 4.39 Å². The molecule has 0 saturated heterocycles. The Balaban J connectivity index is 0.00000441. The van der Waals surface area contributed by atoms with Gasteiger partial charge in [-0.2, -0.15) is 0 Å². The number of benzene rings is 1. The lowest BCUT2D eigenvalue weighted by Gasteiger charge is -2.11. The number of amides is 1. The van der Waals surface area contributed by atoms with E-state index in [0.29, 0.717) is 37.6 Å². The summed E-state index contributed by atoms with van der Waals surface area (Å²) in [6, 6.07) is 6.71. The summed E-state index contributed by atoms with van der Waals surface area (Å²) >= 11 is 0. The van der Waals surface area contributed by atoms with Crippen LogP contribution < -0.4 is 16.0 Å². The summed E-state index contributed by atoms with van der Waals surface area (Å²) < 4.78 is 13.5. The first-order chi connectivity index (χ1) is 10.1. The molecule has 124 valence electrons. The summed E-state index contributed by atoms with van der Waals surface area (Å²) in [4.78, 5) is 15.1. The summed E-state index contributed by atoms with van der Waals surface area (Å²) in [5, 5.41) is 8.91. The van der Waals surface area contributed by atoms with Crippen molar-refractivity contribution in [2.45, 2.75) is 20.3 Å². The molecule has 1 aromatic carbocycles. The Kier molecular flexibility index (Phi) is 11.4. The number of guanidine groups is 1. The van der Waals surface area contributed by atoms with Gasteiger partial charge >= 0.3 is 0 Å². The van der Waals surface area contributed by atoms with Gasteiger partial charge < -0.3 is 16.0 Å². The van der Waals surface area contributed by atoms with E-state index in [1.165, 1.54) is 13.0 Å². The molecular formula is C15H24FIN4O. The number of rotatable bonds is 7. The predicted octanol–water partition coefficient (Wildman–Crippen LogP) is 1.68. The zero-order valence-corrected chi connectivity index (χ0v) is 15.3. The van der Waals surface area contributed by atoms with Crippen LogP contribution in [0.3, 0.4) is 0 Å². The third kappa shape index (κ3) is 8.81. The number of nitrogens with zero attached hydrogens (tertiary/aromatic N) is 1. The van der Waals surface area contributed by atoms with Gasteiger partial charge in [-0.3, -0.25) is 9.79 Å². The van der Waals surface area contributed by atoms with Crippen molar-refractivity contribution in [3.05, 3.63) is 35.6 Å². The zero-order valence-electron chi connectivity index (χ0n) is 13.0. The maximum absolute atomic E-state index is 13.5. The SMILES string of the molecule is CCNC(=NCCc1ccccc1F)NCCNC(C)=O.I. The topological polar surface area (TPSA) is 65.5 Å². The van der Waals surface area contributed by atoms with Gasteiger partial charge in [0.2, 0.25) is 5.91 Å². The van der Waals surface area contributed by atoms with E-state index in [1.807, 2.05) is 13.0 Å². The third-order valence-electron chi connectivity index (χ3n) is 2.74. The molecule has 7 heteroatoms. The first-order valence-corrected chi connectivity index (χ1v) is 7.13.